The second-order valence-electron chi connectivity index (χ2n) is 5.05. The molecular formula is C13H14N6O2. The largest absolute Gasteiger partial charge is 0.461 e. The molecule has 0 aromatic carbocycles. The summed E-state index contributed by atoms with van der Waals surface area (Å²) in [6.07, 6.45) is 5.96. The van der Waals surface area contributed by atoms with Gasteiger partial charge in [0.25, 0.3) is 0 Å². The van der Waals surface area contributed by atoms with Crippen LogP contribution >= 0.6 is 0 Å². The normalized spacial score (nSPS) is 14.7. The number of furan rings is 1. The number of nitrogens with zero attached hydrogens (tertiary/aromatic N) is 5. The summed E-state index contributed by atoms with van der Waals surface area (Å²) in [4.78, 5) is 4.27. The van der Waals surface area contributed by atoms with E-state index in [4.69, 9.17) is 8.94 Å². The van der Waals surface area contributed by atoms with Crippen molar-refractivity contribution in [3.05, 3.63) is 36.2 Å². The van der Waals surface area contributed by atoms with Gasteiger partial charge in [-0.3, -0.25) is 0 Å². The Hall–Kier alpha value is -2.48. The number of aromatic nitrogens is 5. The first-order valence-electron chi connectivity index (χ1n) is 6.86. The van der Waals surface area contributed by atoms with Crippen molar-refractivity contribution in [2.45, 2.75) is 32.0 Å². The van der Waals surface area contributed by atoms with Gasteiger partial charge >= 0.3 is 0 Å². The van der Waals surface area contributed by atoms with Crippen LogP contribution < -0.4 is 5.32 Å². The van der Waals surface area contributed by atoms with Crippen molar-refractivity contribution in [1.29, 1.82) is 0 Å². The zero-order valence-corrected chi connectivity index (χ0v) is 11.3. The topological polar surface area (TPSA) is 94.8 Å². The van der Waals surface area contributed by atoms with Crippen molar-refractivity contribution in [2.75, 3.05) is 0 Å². The summed E-state index contributed by atoms with van der Waals surface area (Å²) in [5.74, 6) is 1.48. The lowest BCUT2D eigenvalue weighted by Crippen LogP contribution is -2.15. The summed E-state index contributed by atoms with van der Waals surface area (Å²) in [5.41, 5.74) is 0.910. The van der Waals surface area contributed by atoms with Crippen molar-refractivity contribution in [3.8, 4) is 11.6 Å². The summed E-state index contributed by atoms with van der Waals surface area (Å²) in [5, 5.41) is 15.4. The predicted octanol–water partition coefficient (Wildman–Crippen LogP) is 1.22. The highest BCUT2D eigenvalue weighted by Crippen LogP contribution is 2.19. The van der Waals surface area contributed by atoms with Gasteiger partial charge in [-0.2, -0.15) is 4.98 Å². The second-order valence-corrected chi connectivity index (χ2v) is 5.05. The molecule has 0 spiro atoms. The molecule has 4 rings (SSSR count). The fourth-order valence-corrected chi connectivity index (χ4v) is 2.00. The molecule has 3 aromatic heterocycles. The molecule has 8 nitrogen and oxygen atoms in total. The fraction of sp³-hybridized carbons (Fsp3) is 0.385. The van der Waals surface area contributed by atoms with Crippen molar-refractivity contribution >= 4 is 0 Å². The van der Waals surface area contributed by atoms with E-state index < -0.39 is 0 Å². The first kappa shape index (κ1) is 12.3. The quantitative estimate of drug-likeness (QED) is 0.728. The van der Waals surface area contributed by atoms with Gasteiger partial charge in [-0.05, 0) is 25.0 Å². The maximum Gasteiger partial charge on any atom is 0.248 e. The van der Waals surface area contributed by atoms with Crippen molar-refractivity contribution < 1.29 is 8.94 Å². The van der Waals surface area contributed by atoms with E-state index in [0.717, 1.165) is 12.2 Å². The summed E-state index contributed by atoms with van der Waals surface area (Å²) in [7, 11) is 0. The van der Waals surface area contributed by atoms with Crippen LogP contribution in [0.2, 0.25) is 0 Å². The number of rotatable bonds is 6. The predicted molar refractivity (Wildman–Crippen MR) is 71.0 cm³/mol. The molecule has 21 heavy (non-hydrogen) atoms. The SMILES string of the molecule is c1coc(-c2noc(Cn3cc(CNC4CC4)nn3)n2)c1. The Balaban J connectivity index is 1.41. The van der Waals surface area contributed by atoms with Gasteiger partial charge in [-0.15, -0.1) is 5.10 Å². The Morgan fingerprint density at radius 1 is 1.38 bits per heavy atom. The zero-order valence-electron chi connectivity index (χ0n) is 11.3. The molecule has 0 aliphatic heterocycles. The van der Waals surface area contributed by atoms with E-state index in [1.807, 2.05) is 6.20 Å². The smallest absolute Gasteiger partial charge is 0.248 e. The van der Waals surface area contributed by atoms with Gasteiger partial charge in [-0.25, -0.2) is 4.68 Å². The molecule has 0 radical (unpaired) electrons. The van der Waals surface area contributed by atoms with Gasteiger partial charge in [0.2, 0.25) is 11.7 Å². The van der Waals surface area contributed by atoms with Crippen LogP contribution in [0.25, 0.3) is 11.6 Å². The zero-order chi connectivity index (χ0) is 14.1. The van der Waals surface area contributed by atoms with E-state index in [9.17, 15) is 0 Å². The molecule has 1 aliphatic carbocycles. The molecule has 0 atom stereocenters. The Kier molecular flexibility index (Phi) is 3.00. The van der Waals surface area contributed by atoms with Crippen molar-refractivity contribution in [1.82, 2.24) is 30.5 Å². The third-order valence-electron chi connectivity index (χ3n) is 3.24. The Bertz CT molecular complexity index is 713. The molecular weight excluding hydrogens is 272 g/mol. The molecule has 1 saturated carbocycles. The van der Waals surface area contributed by atoms with Crippen molar-refractivity contribution in [3.63, 3.8) is 0 Å². The maximum absolute atomic E-state index is 5.22. The van der Waals surface area contributed by atoms with Crippen LogP contribution in [-0.2, 0) is 13.1 Å². The first-order valence-corrected chi connectivity index (χ1v) is 6.86. The highest BCUT2D eigenvalue weighted by atomic mass is 16.5. The Labute approximate surface area is 120 Å². The maximum atomic E-state index is 5.22. The number of nitrogens with one attached hydrogen (secondary N) is 1. The van der Waals surface area contributed by atoms with E-state index in [-0.39, 0.29) is 0 Å². The highest BCUT2D eigenvalue weighted by Gasteiger charge is 2.20. The van der Waals surface area contributed by atoms with Gasteiger partial charge in [-0.1, -0.05) is 10.4 Å². The van der Waals surface area contributed by atoms with Crippen LogP contribution in [0.15, 0.2) is 33.5 Å². The van der Waals surface area contributed by atoms with Crippen LogP contribution in [0, 0.1) is 0 Å². The third kappa shape index (κ3) is 2.84. The summed E-state index contributed by atoms with van der Waals surface area (Å²) >= 11 is 0. The summed E-state index contributed by atoms with van der Waals surface area (Å²) in [6, 6.07) is 4.22. The van der Waals surface area contributed by atoms with Gasteiger partial charge in [0.1, 0.15) is 6.54 Å². The minimum atomic E-state index is 0.393. The van der Waals surface area contributed by atoms with Gasteiger partial charge in [0.05, 0.1) is 18.2 Å². The van der Waals surface area contributed by atoms with E-state index in [1.54, 1.807) is 23.1 Å². The molecule has 1 fully saturated rings. The molecule has 3 heterocycles. The minimum absolute atomic E-state index is 0.393. The third-order valence-corrected chi connectivity index (χ3v) is 3.24. The highest BCUT2D eigenvalue weighted by molar-refractivity contribution is 5.44. The summed E-state index contributed by atoms with van der Waals surface area (Å²) < 4.78 is 12.1. The van der Waals surface area contributed by atoms with Crippen LogP contribution in [0.4, 0.5) is 0 Å². The molecule has 1 N–H and O–H groups in total. The van der Waals surface area contributed by atoms with E-state index >= 15 is 0 Å². The van der Waals surface area contributed by atoms with Crippen LogP contribution in [0.1, 0.15) is 24.4 Å². The molecule has 0 unspecified atom stereocenters. The summed E-state index contributed by atoms with van der Waals surface area (Å²) in [6.45, 7) is 1.14. The molecule has 0 amide bonds. The fourth-order valence-electron chi connectivity index (χ4n) is 2.00. The van der Waals surface area contributed by atoms with E-state index in [1.165, 1.54) is 12.8 Å². The number of hydrogen-bond donors (Lipinski definition) is 1. The molecule has 3 aromatic rings. The molecule has 108 valence electrons. The van der Waals surface area contributed by atoms with E-state index in [0.29, 0.717) is 30.1 Å². The van der Waals surface area contributed by atoms with Crippen molar-refractivity contribution in [2.24, 2.45) is 0 Å². The molecule has 0 saturated heterocycles. The van der Waals surface area contributed by atoms with Crippen LogP contribution in [0.5, 0.6) is 0 Å². The average molecular weight is 286 g/mol. The van der Waals surface area contributed by atoms with Gasteiger partial charge < -0.3 is 14.3 Å². The number of hydrogen-bond acceptors (Lipinski definition) is 7. The lowest BCUT2D eigenvalue weighted by atomic mass is 10.4. The minimum Gasteiger partial charge on any atom is -0.461 e. The lowest BCUT2D eigenvalue weighted by molar-refractivity contribution is 0.363. The van der Waals surface area contributed by atoms with Crippen LogP contribution in [0.3, 0.4) is 0 Å². The standard InChI is InChI=1S/C13H14N6O2/c1-2-11(20-5-1)13-15-12(21-17-13)8-19-7-10(16-18-19)6-14-9-3-4-9/h1-2,5,7,9,14H,3-4,6,8H2. The monoisotopic (exact) mass is 286 g/mol. The Morgan fingerprint density at radius 3 is 3.14 bits per heavy atom. The van der Waals surface area contributed by atoms with E-state index in [2.05, 4.69) is 25.8 Å². The second kappa shape index (κ2) is 5.13. The van der Waals surface area contributed by atoms with Crippen LogP contribution in [-0.4, -0.2) is 31.2 Å². The average Bonchev–Trinajstić information content (AvgIpc) is 2.93. The first-order chi connectivity index (χ1) is 10.4. The molecule has 0 bridgehead atoms. The lowest BCUT2D eigenvalue weighted by Gasteiger charge is -1.96. The molecule has 1 aliphatic rings. The Morgan fingerprint density at radius 2 is 2.33 bits per heavy atom. The molecule has 8 heteroatoms. The van der Waals surface area contributed by atoms with Gasteiger partial charge in [0, 0.05) is 12.6 Å². The van der Waals surface area contributed by atoms with Gasteiger partial charge in [0.15, 0.2) is 5.76 Å².